The second-order valence-corrected chi connectivity index (χ2v) is 9.32. The summed E-state index contributed by atoms with van der Waals surface area (Å²) in [5.41, 5.74) is 2.95. The molecule has 0 amide bonds. The van der Waals surface area contributed by atoms with Gasteiger partial charge in [-0.1, -0.05) is 11.2 Å². The van der Waals surface area contributed by atoms with E-state index in [9.17, 15) is 13.2 Å². The summed E-state index contributed by atoms with van der Waals surface area (Å²) >= 11 is 1.17. The van der Waals surface area contributed by atoms with Crippen LogP contribution in [0.4, 0.5) is 0 Å². The molecule has 1 aromatic carbocycles. The maximum absolute atomic E-state index is 13.0. The third kappa shape index (κ3) is 3.29. The Labute approximate surface area is 160 Å². The lowest BCUT2D eigenvalue weighted by Gasteiger charge is -2.27. The number of carbonyl (C=O) groups is 1. The van der Waals surface area contributed by atoms with Gasteiger partial charge in [-0.05, 0) is 41.8 Å². The van der Waals surface area contributed by atoms with Gasteiger partial charge in [-0.15, -0.1) is 11.3 Å². The second kappa shape index (κ2) is 6.91. The third-order valence-electron chi connectivity index (χ3n) is 4.47. The number of sulfonamides is 1. The van der Waals surface area contributed by atoms with E-state index in [-0.39, 0.29) is 10.8 Å². The molecule has 3 heterocycles. The molecular weight excluding hydrogens is 388 g/mol. The molecule has 0 unspecified atom stereocenters. The Hall–Kier alpha value is -2.49. The van der Waals surface area contributed by atoms with Crippen LogP contribution in [0.15, 0.2) is 51.4 Å². The summed E-state index contributed by atoms with van der Waals surface area (Å²) in [5, 5.41) is 3.84. The summed E-state index contributed by atoms with van der Waals surface area (Å²) in [5.74, 6) is -0.396. The number of thiophene rings is 1. The highest BCUT2D eigenvalue weighted by Crippen LogP contribution is 2.33. The van der Waals surface area contributed by atoms with Crippen LogP contribution < -0.4 is 0 Å². The van der Waals surface area contributed by atoms with E-state index in [0.29, 0.717) is 24.2 Å². The van der Waals surface area contributed by atoms with E-state index in [0.717, 1.165) is 16.0 Å². The van der Waals surface area contributed by atoms with Crippen molar-refractivity contribution in [3.8, 4) is 10.6 Å². The van der Waals surface area contributed by atoms with E-state index in [2.05, 4.69) is 5.16 Å². The Morgan fingerprint density at radius 2 is 2.07 bits per heavy atom. The van der Waals surface area contributed by atoms with Gasteiger partial charge in [0.2, 0.25) is 0 Å². The maximum Gasteiger partial charge on any atom is 0.337 e. The van der Waals surface area contributed by atoms with Crippen molar-refractivity contribution >= 4 is 27.3 Å². The molecule has 0 saturated heterocycles. The number of hydrogen-bond acceptors (Lipinski definition) is 7. The van der Waals surface area contributed by atoms with Crippen LogP contribution in [-0.4, -0.2) is 37.5 Å². The van der Waals surface area contributed by atoms with E-state index in [1.165, 1.54) is 29.0 Å². The molecule has 9 heteroatoms. The molecule has 7 nitrogen and oxygen atoms in total. The van der Waals surface area contributed by atoms with Crippen LogP contribution in [0.1, 0.15) is 21.5 Å². The number of hydrogen-bond donors (Lipinski definition) is 0. The van der Waals surface area contributed by atoms with Gasteiger partial charge in [-0.25, -0.2) is 13.2 Å². The van der Waals surface area contributed by atoms with Gasteiger partial charge in [0.05, 0.1) is 17.6 Å². The topological polar surface area (TPSA) is 89.7 Å². The standard InChI is InChI=1S/C18H16N2O5S2/c1-24-18(21)13-2-3-14-11-20(8-6-12(14)10-13)27(22,23)17-5-4-16(26-17)15-7-9-25-19-15/h2-5,7,9-10H,6,8,11H2,1H3. The molecule has 0 bridgehead atoms. The Morgan fingerprint density at radius 1 is 1.22 bits per heavy atom. The molecule has 0 N–H and O–H groups in total. The van der Waals surface area contributed by atoms with E-state index in [1.54, 1.807) is 36.4 Å². The molecule has 0 radical (unpaired) electrons. The fourth-order valence-electron chi connectivity index (χ4n) is 3.04. The highest BCUT2D eigenvalue weighted by atomic mass is 32.2. The van der Waals surface area contributed by atoms with E-state index < -0.39 is 16.0 Å². The number of ether oxygens (including phenoxy) is 1. The summed E-state index contributed by atoms with van der Waals surface area (Å²) in [4.78, 5) is 12.4. The van der Waals surface area contributed by atoms with Gasteiger partial charge in [0.1, 0.15) is 16.2 Å². The highest BCUT2D eigenvalue weighted by molar-refractivity contribution is 7.91. The van der Waals surface area contributed by atoms with Gasteiger partial charge in [0.15, 0.2) is 0 Å². The third-order valence-corrected chi connectivity index (χ3v) is 7.89. The molecule has 27 heavy (non-hydrogen) atoms. The Morgan fingerprint density at radius 3 is 2.81 bits per heavy atom. The van der Waals surface area contributed by atoms with E-state index in [4.69, 9.17) is 9.26 Å². The van der Waals surface area contributed by atoms with Gasteiger partial charge in [-0.2, -0.15) is 4.31 Å². The quantitative estimate of drug-likeness (QED) is 0.621. The molecule has 1 aliphatic rings. The smallest absolute Gasteiger partial charge is 0.337 e. The monoisotopic (exact) mass is 404 g/mol. The number of carbonyl (C=O) groups excluding carboxylic acids is 1. The van der Waals surface area contributed by atoms with Crippen LogP contribution >= 0.6 is 11.3 Å². The Kier molecular flexibility index (Phi) is 4.58. The van der Waals surface area contributed by atoms with Crippen molar-refractivity contribution in [3.05, 3.63) is 59.4 Å². The number of esters is 1. The lowest BCUT2D eigenvalue weighted by atomic mass is 9.98. The fraction of sp³-hybridized carbons (Fsp3) is 0.222. The molecule has 140 valence electrons. The number of rotatable bonds is 4. The first kappa shape index (κ1) is 17.9. The molecule has 3 aromatic rings. The molecule has 0 atom stereocenters. The van der Waals surface area contributed by atoms with Crippen molar-refractivity contribution < 1.29 is 22.5 Å². The predicted octanol–water partition coefficient (Wildman–Crippen LogP) is 2.94. The molecule has 0 aliphatic carbocycles. The largest absolute Gasteiger partial charge is 0.465 e. The minimum absolute atomic E-state index is 0.273. The first-order valence-corrected chi connectivity index (χ1v) is 10.5. The minimum Gasteiger partial charge on any atom is -0.465 e. The summed E-state index contributed by atoms with van der Waals surface area (Å²) in [6.07, 6.45) is 1.99. The zero-order chi connectivity index (χ0) is 19.0. The molecule has 2 aromatic heterocycles. The van der Waals surface area contributed by atoms with Crippen LogP contribution in [0.25, 0.3) is 10.6 Å². The maximum atomic E-state index is 13.0. The lowest BCUT2D eigenvalue weighted by molar-refractivity contribution is 0.0600. The van der Waals surface area contributed by atoms with Crippen molar-refractivity contribution in [2.45, 2.75) is 17.2 Å². The molecule has 1 aliphatic heterocycles. The van der Waals surface area contributed by atoms with Crippen molar-refractivity contribution in [1.82, 2.24) is 9.46 Å². The van der Waals surface area contributed by atoms with Crippen LogP contribution in [0.2, 0.25) is 0 Å². The molecule has 4 rings (SSSR count). The average molecular weight is 404 g/mol. The van der Waals surface area contributed by atoms with Gasteiger partial charge in [-0.3, -0.25) is 0 Å². The Bertz CT molecular complexity index is 1090. The minimum atomic E-state index is -3.60. The fourth-order valence-corrected chi connectivity index (χ4v) is 5.88. The van der Waals surface area contributed by atoms with E-state index >= 15 is 0 Å². The Balaban J connectivity index is 1.58. The SMILES string of the molecule is COC(=O)c1ccc2c(c1)CCN(S(=O)(=O)c1ccc(-c3ccon3)s1)C2. The van der Waals surface area contributed by atoms with Gasteiger partial charge >= 0.3 is 5.97 Å². The predicted molar refractivity (Wildman–Crippen MR) is 98.9 cm³/mol. The van der Waals surface area contributed by atoms with Crippen LogP contribution in [-0.2, 0) is 27.7 Å². The number of nitrogens with zero attached hydrogens (tertiary/aromatic N) is 2. The zero-order valence-electron chi connectivity index (χ0n) is 14.4. The first-order chi connectivity index (χ1) is 13.0. The number of fused-ring (bicyclic) bond motifs is 1. The molecule has 0 spiro atoms. The van der Waals surface area contributed by atoms with Crippen LogP contribution in [0.5, 0.6) is 0 Å². The summed E-state index contributed by atoms with van der Waals surface area (Å²) in [7, 11) is -2.27. The van der Waals surface area contributed by atoms with Crippen molar-refractivity contribution in [2.75, 3.05) is 13.7 Å². The number of aromatic nitrogens is 1. The zero-order valence-corrected chi connectivity index (χ0v) is 16.0. The lowest BCUT2D eigenvalue weighted by Crippen LogP contribution is -2.35. The highest BCUT2D eigenvalue weighted by Gasteiger charge is 2.30. The van der Waals surface area contributed by atoms with Gasteiger partial charge < -0.3 is 9.26 Å². The molecular formula is C18H16N2O5S2. The van der Waals surface area contributed by atoms with Crippen LogP contribution in [0.3, 0.4) is 0 Å². The van der Waals surface area contributed by atoms with Crippen molar-refractivity contribution in [3.63, 3.8) is 0 Å². The van der Waals surface area contributed by atoms with Crippen molar-refractivity contribution in [2.24, 2.45) is 0 Å². The molecule has 0 saturated carbocycles. The number of methoxy groups -OCH3 is 1. The van der Waals surface area contributed by atoms with Gasteiger partial charge in [0, 0.05) is 19.2 Å². The van der Waals surface area contributed by atoms with Crippen molar-refractivity contribution in [1.29, 1.82) is 0 Å². The number of benzene rings is 1. The summed E-state index contributed by atoms with van der Waals surface area (Å²) in [6, 6.07) is 10.3. The average Bonchev–Trinajstić information content (AvgIpc) is 3.38. The first-order valence-electron chi connectivity index (χ1n) is 8.20. The van der Waals surface area contributed by atoms with Gasteiger partial charge in [0.25, 0.3) is 10.0 Å². The molecule has 0 fully saturated rings. The van der Waals surface area contributed by atoms with E-state index in [1.807, 2.05) is 0 Å². The summed E-state index contributed by atoms with van der Waals surface area (Å²) < 4.78 is 37.3. The summed E-state index contributed by atoms with van der Waals surface area (Å²) in [6.45, 7) is 0.632. The normalized spacial score (nSPS) is 14.7. The van der Waals surface area contributed by atoms with Crippen LogP contribution in [0, 0.1) is 0 Å². The second-order valence-electron chi connectivity index (χ2n) is 6.07.